The first-order valence-corrected chi connectivity index (χ1v) is 2.57. The number of ether oxygens (including phenoxy) is 1. The van der Waals surface area contributed by atoms with Gasteiger partial charge in [-0.05, 0) is 12.5 Å². The molecule has 8 heavy (non-hydrogen) atoms. The minimum Gasteiger partial charge on any atom is -0.359 e. The number of epoxide rings is 1. The van der Waals surface area contributed by atoms with Gasteiger partial charge in [-0.1, -0.05) is 18.4 Å². The second-order valence-electron chi connectivity index (χ2n) is 1.87. The Morgan fingerprint density at radius 3 is 2.88 bits per heavy atom. The van der Waals surface area contributed by atoms with Crippen LogP contribution in [0.1, 0.15) is 6.92 Å². The largest absolute Gasteiger partial charge is 0.359 e. The van der Waals surface area contributed by atoms with Crippen molar-refractivity contribution in [3.63, 3.8) is 0 Å². The quantitative estimate of drug-likeness (QED) is 0.332. The average Bonchev–Trinajstić information content (AvgIpc) is 2.41. The molecule has 1 saturated heterocycles. The highest BCUT2D eigenvalue weighted by atomic mass is 16.6. The van der Waals surface area contributed by atoms with Gasteiger partial charge < -0.3 is 4.74 Å². The molecule has 0 spiro atoms. The molecule has 0 aromatic carbocycles. The van der Waals surface area contributed by atoms with Crippen LogP contribution in [0.2, 0.25) is 0 Å². The van der Waals surface area contributed by atoms with Crippen molar-refractivity contribution in [3.8, 4) is 11.8 Å². The average molecular weight is 108 g/mol. The van der Waals surface area contributed by atoms with E-state index in [0.717, 1.165) is 12.2 Å². The van der Waals surface area contributed by atoms with Gasteiger partial charge in [0, 0.05) is 0 Å². The van der Waals surface area contributed by atoms with Crippen molar-refractivity contribution < 1.29 is 4.74 Å². The van der Waals surface area contributed by atoms with Gasteiger partial charge in [-0.3, -0.25) is 0 Å². The van der Waals surface area contributed by atoms with Crippen LogP contribution >= 0.6 is 0 Å². The van der Waals surface area contributed by atoms with Gasteiger partial charge in [0.25, 0.3) is 0 Å². The molecule has 0 aliphatic carbocycles. The van der Waals surface area contributed by atoms with Crippen molar-refractivity contribution in [2.24, 2.45) is 0 Å². The fourth-order valence-corrected chi connectivity index (χ4v) is 0.335. The predicted octanol–water partition coefficient (Wildman–Crippen LogP) is 0.965. The molecule has 1 unspecified atom stereocenters. The first-order valence-electron chi connectivity index (χ1n) is 2.57. The second kappa shape index (κ2) is 2.02. The molecule has 0 bridgehead atoms. The van der Waals surface area contributed by atoms with Crippen molar-refractivity contribution in [1.82, 2.24) is 0 Å². The minimum atomic E-state index is 0.215. The summed E-state index contributed by atoms with van der Waals surface area (Å²) in [6, 6.07) is 0. The molecule has 0 amide bonds. The van der Waals surface area contributed by atoms with Crippen LogP contribution in [0.5, 0.6) is 0 Å². The Bertz CT molecular complexity index is 155. The van der Waals surface area contributed by atoms with Crippen LogP contribution in [0.15, 0.2) is 12.2 Å². The summed E-state index contributed by atoms with van der Waals surface area (Å²) in [6.07, 6.45) is 0.215. The van der Waals surface area contributed by atoms with E-state index in [9.17, 15) is 0 Å². The van der Waals surface area contributed by atoms with Crippen molar-refractivity contribution in [1.29, 1.82) is 0 Å². The van der Waals surface area contributed by atoms with E-state index in [4.69, 9.17) is 4.74 Å². The molecule has 0 saturated carbocycles. The molecule has 0 radical (unpaired) electrons. The monoisotopic (exact) mass is 108 g/mol. The molecule has 42 valence electrons. The number of rotatable bonds is 0. The fraction of sp³-hybridized carbons (Fsp3) is 0.429. The van der Waals surface area contributed by atoms with Gasteiger partial charge in [0.05, 0.1) is 6.61 Å². The van der Waals surface area contributed by atoms with Gasteiger partial charge in [0.2, 0.25) is 0 Å². The van der Waals surface area contributed by atoms with Crippen LogP contribution in [0.3, 0.4) is 0 Å². The molecule has 1 heterocycles. The van der Waals surface area contributed by atoms with Gasteiger partial charge in [0.15, 0.2) is 0 Å². The number of hydrogen-bond acceptors (Lipinski definition) is 1. The molecular weight excluding hydrogens is 100 g/mol. The summed E-state index contributed by atoms with van der Waals surface area (Å²) in [5.41, 5.74) is 0.903. The Morgan fingerprint density at radius 2 is 2.50 bits per heavy atom. The Labute approximate surface area is 49.3 Å². The van der Waals surface area contributed by atoms with Gasteiger partial charge in [0.1, 0.15) is 6.10 Å². The Balaban J connectivity index is 2.34. The van der Waals surface area contributed by atoms with Crippen LogP contribution in [0.4, 0.5) is 0 Å². The molecule has 1 rings (SSSR count). The van der Waals surface area contributed by atoms with E-state index in [-0.39, 0.29) is 6.10 Å². The molecule has 1 fully saturated rings. The summed E-state index contributed by atoms with van der Waals surface area (Å²) in [5, 5.41) is 0. The van der Waals surface area contributed by atoms with Crippen LogP contribution in [-0.4, -0.2) is 12.7 Å². The van der Waals surface area contributed by atoms with Gasteiger partial charge in [-0.15, -0.1) is 0 Å². The van der Waals surface area contributed by atoms with E-state index < -0.39 is 0 Å². The Kier molecular flexibility index (Phi) is 1.36. The maximum Gasteiger partial charge on any atom is 0.142 e. The molecular formula is C7H8O. The zero-order chi connectivity index (χ0) is 5.98. The van der Waals surface area contributed by atoms with Gasteiger partial charge >= 0.3 is 0 Å². The third-order valence-electron chi connectivity index (χ3n) is 0.780. The number of allylic oxidation sites excluding steroid dienone is 1. The lowest BCUT2D eigenvalue weighted by Gasteiger charge is -1.73. The highest BCUT2D eigenvalue weighted by molar-refractivity contribution is 5.26. The standard InChI is InChI=1S/C7H8O/c1-6(2)3-4-7-5-8-7/h7H,1,5H2,2H3. The van der Waals surface area contributed by atoms with Crippen LogP contribution in [0.25, 0.3) is 0 Å². The van der Waals surface area contributed by atoms with E-state index in [1.807, 2.05) is 6.92 Å². The molecule has 0 aromatic heterocycles. The topological polar surface area (TPSA) is 12.5 Å². The molecule has 1 atom stereocenters. The highest BCUT2D eigenvalue weighted by Gasteiger charge is 2.18. The van der Waals surface area contributed by atoms with Crippen LogP contribution in [-0.2, 0) is 4.74 Å². The summed E-state index contributed by atoms with van der Waals surface area (Å²) in [7, 11) is 0. The summed E-state index contributed by atoms with van der Waals surface area (Å²) in [5.74, 6) is 5.72. The molecule has 0 aromatic rings. The zero-order valence-electron chi connectivity index (χ0n) is 4.90. The van der Waals surface area contributed by atoms with E-state index in [0.29, 0.717) is 0 Å². The molecule has 1 heteroatoms. The minimum absolute atomic E-state index is 0.215. The van der Waals surface area contributed by atoms with Crippen LogP contribution in [0, 0.1) is 11.8 Å². The van der Waals surface area contributed by atoms with Gasteiger partial charge in [-0.2, -0.15) is 0 Å². The summed E-state index contributed by atoms with van der Waals surface area (Å²) >= 11 is 0. The Morgan fingerprint density at radius 1 is 1.88 bits per heavy atom. The maximum atomic E-state index is 4.84. The lowest BCUT2D eigenvalue weighted by molar-refractivity contribution is 0.445. The molecule has 1 aliphatic heterocycles. The smallest absolute Gasteiger partial charge is 0.142 e. The molecule has 1 nitrogen and oxygen atoms in total. The zero-order valence-corrected chi connectivity index (χ0v) is 4.90. The summed E-state index contributed by atoms with van der Waals surface area (Å²) < 4.78 is 4.84. The maximum absolute atomic E-state index is 4.84. The third-order valence-corrected chi connectivity index (χ3v) is 0.780. The SMILES string of the molecule is C=C(C)C#CC1CO1. The highest BCUT2D eigenvalue weighted by Crippen LogP contribution is 2.05. The second-order valence-corrected chi connectivity index (χ2v) is 1.87. The molecule has 1 aliphatic rings. The Hall–Kier alpha value is -0.740. The van der Waals surface area contributed by atoms with E-state index in [1.165, 1.54) is 0 Å². The van der Waals surface area contributed by atoms with E-state index >= 15 is 0 Å². The summed E-state index contributed by atoms with van der Waals surface area (Å²) in [4.78, 5) is 0. The van der Waals surface area contributed by atoms with Crippen molar-refractivity contribution in [2.45, 2.75) is 13.0 Å². The lowest BCUT2D eigenvalue weighted by atomic mass is 10.3. The van der Waals surface area contributed by atoms with Crippen molar-refractivity contribution in [3.05, 3.63) is 12.2 Å². The number of hydrogen-bond donors (Lipinski definition) is 0. The van der Waals surface area contributed by atoms with E-state index in [1.54, 1.807) is 0 Å². The normalized spacial score (nSPS) is 23.4. The van der Waals surface area contributed by atoms with Crippen molar-refractivity contribution in [2.75, 3.05) is 6.61 Å². The summed E-state index contributed by atoms with van der Waals surface area (Å²) in [6.45, 7) is 6.32. The third kappa shape index (κ3) is 1.81. The first kappa shape index (κ1) is 5.40. The first-order chi connectivity index (χ1) is 3.79. The van der Waals surface area contributed by atoms with Gasteiger partial charge in [-0.25, -0.2) is 0 Å². The van der Waals surface area contributed by atoms with Crippen LogP contribution < -0.4 is 0 Å². The fourth-order valence-electron chi connectivity index (χ4n) is 0.335. The van der Waals surface area contributed by atoms with E-state index in [2.05, 4.69) is 18.4 Å². The molecule has 0 N–H and O–H groups in total. The van der Waals surface area contributed by atoms with Crippen molar-refractivity contribution >= 4 is 0 Å². The lowest BCUT2D eigenvalue weighted by Crippen LogP contribution is -1.73. The predicted molar refractivity (Wildman–Crippen MR) is 32.3 cm³/mol.